The Bertz CT molecular complexity index is 579. The third kappa shape index (κ3) is 1.29. The molecule has 3 aromatic rings. The highest BCUT2D eigenvalue weighted by Crippen LogP contribution is 2.24. The van der Waals surface area contributed by atoms with Gasteiger partial charge in [0.2, 0.25) is 0 Å². The molecule has 0 atom stereocenters. The van der Waals surface area contributed by atoms with Crippen LogP contribution in [-0.4, -0.2) is 15.2 Å². The number of aromatic amines is 1. The molecule has 0 saturated carbocycles. The number of hydrogen-bond donors (Lipinski definition) is 1. The predicted molar refractivity (Wildman–Crippen MR) is 58.2 cm³/mol. The summed E-state index contributed by atoms with van der Waals surface area (Å²) in [7, 11) is 0. The lowest BCUT2D eigenvalue weighted by molar-refractivity contribution is 1.08. The van der Waals surface area contributed by atoms with Crippen molar-refractivity contribution in [3.8, 4) is 11.3 Å². The minimum atomic E-state index is 0.895. The van der Waals surface area contributed by atoms with E-state index in [4.69, 9.17) is 0 Å². The molecule has 3 heteroatoms. The van der Waals surface area contributed by atoms with Gasteiger partial charge < -0.3 is 0 Å². The molecule has 0 amide bonds. The first-order valence-corrected chi connectivity index (χ1v) is 4.71. The molecule has 0 aliphatic carbocycles. The zero-order chi connectivity index (χ0) is 10.1. The molecule has 15 heavy (non-hydrogen) atoms. The fourth-order valence-electron chi connectivity index (χ4n) is 1.68. The summed E-state index contributed by atoms with van der Waals surface area (Å²) in [5.41, 5.74) is 1.81. The molecule has 2 heterocycles. The Morgan fingerprint density at radius 2 is 2.07 bits per heavy atom. The monoisotopic (exact) mass is 194 g/mol. The van der Waals surface area contributed by atoms with E-state index in [1.54, 1.807) is 12.4 Å². The lowest BCUT2D eigenvalue weighted by Crippen LogP contribution is -1.83. The van der Waals surface area contributed by atoms with Crippen molar-refractivity contribution in [2.24, 2.45) is 0 Å². The van der Waals surface area contributed by atoms with Crippen LogP contribution in [0, 0.1) is 6.20 Å². The maximum absolute atomic E-state index is 4.36. The van der Waals surface area contributed by atoms with Crippen molar-refractivity contribution in [2.75, 3.05) is 0 Å². The van der Waals surface area contributed by atoms with E-state index in [2.05, 4.69) is 33.5 Å². The molecule has 0 aliphatic rings. The minimum absolute atomic E-state index is 0.895. The Morgan fingerprint density at radius 1 is 1.13 bits per heavy atom. The Labute approximate surface area is 86.8 Å². The third-order valence-electron chi connectivity index (χ3n) is 2.38. The summed E-state index contributed by atoms with van der Waals surface area (Å²) in [4.78, 5) is 4.36. The SMILES string of the molecule is [c]1n[nH]cc1-c1nccc2ccccc12. The largest absolute Gasteiger partial charge is 0.284 e. The molecule has 71 valence electrons. The molecular formula is C12H8N3. The fourth-order valence-corrected chi connectivity index (χ4v) is 1.68. The summed E-state index contributed by atoms with van der Waals surface area (Å²) >= 11 is 0. The highest BCUT2D eigenvalue weighted by molar-refractivity contribution is 5.93. The first kappa shape index (κ1) is 8.17. The van der Waals surface area contributed by atoms with Crippen LogP contribution in [0.2, 0.25) is 0 Å². The van der Waals surface area contributed by atoms with Crippen LogP contribution in [0.25, 0.3) is 22.0 Å². The molecule has 2 aromatic heterocycles. The second-order valence-corrected chi connectivity index (χ2v) is 3.29. The summed E-state index contributed by atoms with van der Waals surface area (Å²) in [6, 6.07) is 10.1. The van der Waals surface area contributed by atoms with Crippen LogP contribution in [0.3, 0.4) is 0 Å². The van der Waals surface area contributed by atoms with E-state index in [0.29, 0.717) is 0 Å². The average Bonchev–Trinajstić information content (AvgIpc) is 2.82. The van der Waals surface area contributed by atoms with Gasteiger partial charge in [-0.05, 0) is 11.5 Å². The predicted octanol–water partition coefficient (Wildman–Crippen LogP) is 2.43. The van der Waals surface area contributed by atoms with Gasteiger partial charge in [0, 0.05) is 23.3 Å². The van der Waals surface area contributed by atoms with E-state index >= 15 is 0 Å². The highest BCUT2D eigenvalue weighted by Gasteiger charge is 2.05. The van der Waals surface area contributed by atoms with Gasteiger partial charge in [0.1, 0.15) is 6.20 Å². The summed E-state index contributed by atoms with van der Waals surface area (Å²) in [5.74, 6) is 0. The van der Waals surface area contributed by atoms with E-state index in [1.807, 2.05) is 18.2 Å². The van der Waals surface area contributed by atoms with Crippen LogP contribution in [0.15, 0.2) is 42.7 Å². The van der Waals surface area contributed by atoms with Crippen molar-refractivity contribution < 1.29 is 0 Å². The normalized spacial score (nSPS) is 10.7. The molecule has 0 aliphatic heterocycles. The number of H-pyrrole nitrogens is 1. The number of rotatable bonds is 1. The van der Waals surface area contributed by atoms with E-state index in [1.165, 1.54) is 5.39 Å². The van der Waals surface area contributed by atoms with Gasteiger partial charge in [-0.15, -0.1) is 0 Å². The second kappa shape index (κ2) is 3.20. The van der Waals surface area contributed by atoms with Crippen molar-refractivity contribution in [1.29, 1.82) is 0 Å². The van der Waals surface area contributed by atoms with E-state index in [-0.39, 0.29) is 0 Å². The molecule has 0 bridgehead atoms. The van der Waals surface area contributed by atoms with Gasteiger partial charge in [0.05, 0.1) is 5.69 Å². The second-order valence-electron chi connectivity index (χ2n) is 3.29. The quantitative estimate of drug-likeness (QED) is 0.646. The topological polar surface area (TPSA) is 41.6 Å². The molecule has 1 radical (unpaired) electrons. The van der Waals surface area contributed by atoms with Crippen molar-refractivity contribution in [2.45, 2.75) is 0 Å². The van der Waals surface area contributed by atoms with Crippen molar-refractivity contribution in [1.82, 2.24) is 15.2 Å². The van der Waals surface area contributed by atoms with Gasteiger partial charge in [0.25, 0.3) is 0 Å². The smallest absolute Gasteiger partial charge is 0.122 e. The molecule has 3 rings (SSSR count). The zero-order valence-corrected chi connectivity index (χ0v) is 7.94. The van der Waals surface area contributed by atoms with Gasteiger partial charge in [-0.2, -0.15) is 5.10 Å². The molecular weight excluding hydrogens is 186 g/mol. The third-order valence-corrected chi connectivity index (χ3v) is 2.38. The number of nitrogens with zero attached hydrogens (tertiary/aromatic N) is 2. The standard InChI is InChI=1S/C12H8N3/c1-2-4-11-9(3-1)5-6-13-12(11)10-7-14-15-8-10/h1-7H,(H,14,15). The van der Waals surface area contributed by atoms with E-state index in [9.17, 15) is 0 Å². The number of benzene rings is 1. The van der Waals surface area contributed by atoms with Crippen LogP contribution in [0.1, 0.15) is 0 Å². The van der Waals surface area contributed by atoms with E-state index in [0.717, 1.165) is 16.6 Å². The summed E-state index contributed by atoms with van der Waals surface area (Å²) in [6.07, 6.45) is 6.48. The number of fused-ring (bicyclic) bond motifs is 1. The Balaban J connectivity index is 2.36. The molecule has 0 unspecified atom stereocenters. The Morgan fingerprint density at radius 3 is 2.93 bits per heavy atom. The first-order chi connectivity index (χ1) is 7.45. The lowest BCUT2D eigenvalue weighted by Gasteiger charge is -2.01. The average molecular weight is 194 g/mol. The molecule has 0 spiro atoms. The van der Waals surface area contributed by atoms with Gasteiger partial charge in [0.15, 0.2) is 0 Å². The maximum atomic E-state index is 4.36. The first-order valence-electron chi connectivity index (χ1n) is 4.71. The summed E-state index contributed by atoms with van der Waals surface area (Å²) in [6.45, 7) is 0. The molecule has 0 saturated heterocycles. The summed E-state index contributed by atoms with van der Waals surface area (Å²) < 4.78 is 0. The fraction of sp³-hybridized carbons (Fsp3) is 0. The Hall–Kier alpha value is -2.16. The van der Waals surface area contributed by atoms with Crippen molar-refractivity contribution >= 4 is 10.8 Å². The number of aromatic nitrogens is 3. The van der Waals surface area contributed by atoms with Crippen LogP contribution >= 0.6 is 0 Å². The molecule has 3 nitrogen and oxygen atoms in total. The maximum Gasteiger partial charge on any atom is 0.122 e. The summed E-state index contributed by atoms with van der Waals surface area (Å²) in [5, 5.41) is 8.86. The minimum Gasteiger partial charge on any atom is -0.284 e. The van der Waals surface area contributed by atoms with Gasteiger partial charge in [-0.3, -0.25) is 10.1 Å². The van der Waals surface area contributed by atoms with Gasteiger partial charge in [-0.25, -0.2) is 0 Å². The molecule has 1 aromatic carbocycles. The Kier molecular flexibility index (Phi) is 1.75. The zero-order valence-electron chi connectivity index (χ0n) is 7.94. The lowest BCUT2D eigenvalue weighted by atomic mass is 10.1. The van der Waals surface area contributed by atoms with Crippen LogP contribution in [0.4, 0.5) is 0 Å². The van der Waals surface area contributed by atoms with Gasteiger partial charge in [-0.1, -0.05) is 24.3 Å². The molecule has 1 N–H and O–H groups in total. The van der Waals surface area contributed by atoms with Gasteiger partial charge >= 0.3 is 0 Å². The van der Waals surface area contributed by atoms with Crippen LogP contribution in [-0.2, 0) is 0 Å². The van der Waals surface area contributed by atoms with Crippen molar-refractivity contribution in [3.63, 3.8) is 0 Å². The number of pyridine rings is 1. The van der Waals surface area contributed by atoms with Crippen LogP contribution < -0.4 is 0 Å². The highest BCUT2D eigenvalue weighted by atomic mass is 15.1. The number of nitrogens with one attached hydrogen (secondary N) is 1. The van der Waals surface area contributed by atoms with E-state index < -0.39 is 0 Å². The van der Waals surface area contributed by atoms with Crippen molar-refractivity contribution in [3.05, 3.63) is 48.9 Å². The van der Waals surface area contributed by atoms with Crippen LogP contribution in [0.5, 0.6) is 0 Å². The molecule has 0 fully saturated rings. The number of hydrogen-bond acceptors (Lipinski definition) is 2.